The van der Waals surface area contributed by atoms with Crippen LogP contribution >= 0.6 is 45.1 Å². The largest absolute Gasteiger partial charge is 0.253 e. The first-order valence-electron chi connectivity index (χ1n) is 3.90. The molecule has 0 radical (unpaired) electrons. The number of hydrogen-bond donors (Lipinski definition) is 0. The van der Waals surface area contributed by atoms with Gasteiger partial charge in [-0.25, -0.2) is 8.42 Å². The summed E-state index contributed by atoms with van der Waals surface area (Å²) < 4.78 is 22.6. The Hall–Kier alpha value is 1.35. The fourth-order valence-corrected chi connectivity index (χ4v) is 8.55. The molecule has 0 aromatic rings. The molecule has 1 aliphatic rings. The van der Waals surface area contributed by atoms with Crippen molar-refractivity contribution in [2.45, 2.75) is 0 Å². The second-order valence-electron chi connectivity index (χ2n) is 2.28. The Kier molecular flexibility index (Phi) is 6.46. The SMILES string of the molecule is O=S1(=O)SCCSCCSCCS1. The molecule has 1 aliphatic heterocycles. The third-order valence-corrected chi connectivity index (χ3v) is 9.81. The minimum Gasteiger partial charge on any atom is -0.206 e. The summed E-state index contributed by atoms with van der Waals surface area (Å²) in [5, 5.41) is 0. The molecule has 0 unspecified atom stereocenters. The molecule has 0 amide bonds. The van der Waals surface area contributed by atoms with Crippen molar-refractivity contribution in [2.75, 3.05) is 34.5 Å². The van der Waals surface area contributed by atoms with Crippen LogP contribution in [0.15, 0.2) is 0 Å². The summed E-state index contributed by atoms with van der Waals surface area (Å²) in [7, 11) is -0.709. The molecule has 0 aromatic carbocycles. The van der Waals surface area contributed by atoms with Gasteiger partial charge in [0.25, 0.3) is 7.90 Å². The highest BCUT2D eigenvalue weighted by molar-refractivity contribution is 9.04. The van der Waals surface area contributed by atoms with Gasteiger partial charge in [0.1, 0.15) is 0 Å². The van der Waals surface area contributed by atoms with Gasteiger partial charge < -0.3 is 0 Å². The third kappa shape index (κ3) is 6.43. The molecule has 0 aliphatic carbocycles. The van der Waals surface area contributed by atoms with Gasteiger partial charge in [-0.3, -0.25) is 0 Å². The van der Waals surface area contributed by atoms with Crippen LogP contribution in [0.25, 0.3) is 0 Å². The van der Waals surface area contributed by atoms with E-state index in [-0.39, 0.29) is 0 Å². The maximum absolute atomic E-state index is 11.3. The third-order valence-electron chi connectivity index (χ3n) is 1.28. The Bertz CT molecular complexity index is 207. The zero-order chi connectivity index (χ0) is 9.57. The van der Waals surface area contributed by atoms with Crippen LogP contribution in [0.1, 0.15) is 0 Å². The molecule has 1 saturated heterocycles. The normalized spacial score (nSPS) is 26.2. The zero-order valence-corrected chi connectivity index (χ0v) is 11.2. The lowest BCUT2D eigenvalue weighted by molar-refractivity contribution is 0.623. The second kappa shape index (κ2) is 6.76. The smallest absolute Gasteiger partial charge is 0.206 e. The quantitative estimate of drug-likeness (QED) is 0.631. The molecule has 7 heteroatoms. The van der Waals surface area contributed by atoms with E-state index >= 15 is 0 Å². The minimum atomic E-state index is -2.89. The maximum atomic E-state index is 11.3. The highest BCUT2D eigenvalue weighted by Crippen LogP contribution is 2.28. The van der Waals surface area contributed by atoms with Crippen LogP contribution in [-0.4, -0.2) is 42.9 Å². The average molecular weight is 276 g/mol. The molecule has 2 nitrogen and oxygen atoms in total. The fourth-order valence-electron chi connectivity index (χ4n) is 0.746. The van der Waals surface area contributed by atoms with Crippen LogP contribution in [0.3, 0.4) is 0 Å². The van der Waals surface area contributed by atoms with Crippen LogP contribution in [0.4, 0.5) is 0 Å². The van der Waals surface area contributed by atoms with Crippen LogP contribution in [0.2, 0.25) is 0 Å². The van der Waals surface area contributed by atoms with Gasteiger partial charge in [-0.2, -0.15) is 23.5 Å². The van der Waals surface area contributed by atoms with Gasteiger partial charge in [0, 0.05) is 34.5 Å². The lowest BCUT2D eigenvalue weighted by Gasteiger charge is -1.99. The Balaban J connectivity index is 2.36. The van der Waals surface area contributed by atoms with E-state index in [1.54, 1.807) is 0 Å². The summed E-state index contributed by atoms with van der Waals surface area (Å²) in [5.74, 6) is 5.65. The van der Waals surface area contributed by atoms with Crippen molar-refractivity contribution in [2.24, 2.45) is 0 Å². The van der Waals surface area contributed by atoms with Crippen molar-refractivity contribution < 1.29 is 8.42 Å². The Morgan fingerprint density at radius 3 is 1.54 bits per heavy atom. The maximum Gasteiger partial charge on any atom is 0.253 e. The van der Waals surface area contributed by atoms with Gasteiger partial charge in [0.05, 0.1) is 0 Å². The monoisotopic (exact) mass is 276 g/mol. The van der Waals surface area contributed by atoms with E-state index < -0.39 is 7.90 Å². The van der Waals surface area contributed by atoms with Gasteiger partial charge in [0.2, 0.25) is 0 Å². The molecule has 0 saturated carbocycles. The van der Waals surface area contributed by atoms with E-state index in [2.05, 4.69) is 0 Å². The predicted octanol–water partition coefficient (Wildman–Crippen LogP) is 2.18. The molecule has 0 atom stereocenters. The molecule has 78 valence electrons. The summed E-state index contributed by atoms with van der Waals surface area (Å²) >= 11 is 3.69. The van der Waals surface area contributed by atoms with Gasteiger partial charge in [0.15, 0.2) is 0 Å². The van der Waals surface area contributed by atoms with Gasteiger partial charge in [-0.05, 0) is 21.6 Å². The second-order valence-corrected chi connectivity index (χ2v) is 11.5. The first-order chi connectivity index (χ1) is 6.21. The van der Waals surface area contributed by atoms with Gasteiger partial charge in [-0.15, -0.1) is 0 Å². The van der Waals surface area contributed by atoms with E-state index in [1.807, 2.05) is 23.5 Å². The predicted molar refractivity (Wildman–Crippen MR) is 68.5 cm³/mol. The molecule has 0 aromatic heterocycles. The van der Waals surface area contributed by atoms with E-state index in [0.717, 1.165) is 56.1 Å². The zero-order valence-electron chi connectivity index (χ0n) is 7.10. The molecule has 1 fully saturated rings. The molecule has 0 spiro atoms. The van der Waals surface area contributed by atoms with Crippen molar-refractivity contribution in [3.05, 3.63) is 0 Å². The van der Waals surface area contributed by atoms with Crippen molar-refractivity contribution >= 4 is 53.0 Å². The van der Waals surface area contributed by atoms with E-state index in [9.17, 15) is 8.42 Å². The minimum absolute atomic E-state index is 0.727. The Morgan fingerprint density at radius 1 is 0.692 bits per heavy atom. The van der Waals surface area contributed by atoms with Crippen molar-refractivity contribution in [1.29, 1.82) is 0 Å². The lowest BCUT2D eigenvalue weighted by atomic mass is 10.9. The highest BCUT2D eigenvalue weighted by atomic mass is 33.5. The van der Waals surface area contributed by atoms with E-state index in [4.69, 9.17) is 0 Å². The summed E-state index contributed by atoms with van der Waals surface area (Å²) in [4.78, 5) is 0. The van der Waals surface area contributed by atoms with E-state index in [1.165, 1.54) is 0 Å². The van der Waals surface area contributed by atoms with Gasteiger partial charge in [-0.1, -0.05) is 0 Å². The molecule has 0 bridgehead atoms. The number of rotatable bonds is 0. The summed E-state index contributed by atoms with van der Waals surface area (Å²) in [6.45, 7) is 0. The lowest BCUT2D eigenvalue weighted by Crippen LogP contribution is -1.93. The molecule has 1 rings (SSSR count). The molecule has 1 heterocycles. The molecule has 13 heavy (non-hydrogen) atoms. The van der Waals surface area contributed by atoms with Crippen molar-refractivity contribution in [3.63, 3.8) is 0 Å². The standard InChI is InChI=1S/C6H12O2S5/c7-13(8)11-5-3-9-1-2-10-4-6-12-13/h1-6H2. The van der Waals surface area contributed by atoms with Gasteiger partial charge >= 0.3 is 0 Å². The van der Waals surface area contributed by atoms with Crippen LogP contribution in [0, 0.1) is 0 Å². The fraction of sp³-hybridized carbons (Fsp3) is 1.00. The average Bonchev–Trinajstić information content (AvgIpc) is 2.10. The van der Waals surface area contributed by atoms with Crippen molar-refractivity contribution in [3.8, 4) is 0 Å². The first kappa shape index (κ1) is 12.4. The molecular formula is C6H12O2S5. The Morgan fingerprint density at radius 2 is 1.08 bits per heavy atom. The number of thioether (sulfide) groups is 2. The van der Waals surface area contributed by atoms with Crippen molar-refractivity contribution in [1.82, 2.24) is 0 Å². The summed E-state index contributed by atoms with van der Waals surface area (Å²) in [6, 6.07) is 0. The first-order valence-corrected chi connectivity index (χ1v) is 10.7. The summed E-state index contributed by atoms with van der Waals surface area (Å²) in [5.41, 5.74) is 0. The highest BCUT2D eigenvalue weighted by Gasteiger charge is 2.12. The van der Waals surface area contributed by atoms with Crippen LogP contribution in [-0.2, 0) is 7.90 Å². The number of hydrogen-bond acceptors (Lipinski definition) is 6. The summed E-state index contributed by atoms with van der Waals surface area (Å²) in [6.07, 6.45) is 0. The molecular weight excluding hydrogens is 264 g/mol. The Labute approximate surface area is 95.5 Å². The van der Waals surface area contributed by atoms with Crippen LogP contribution in [0.5, 0.6) is 0 Å². The van der Waals surface area contributed by atoms with E-state index in [0.29, 0.717) is 0 Å². The van der Waals surface area contributed by atoms with Crippen LogP contribution < -0.4 is 0 Å². The molecule has 0 N–H and O–H groups in total. The topological polar surface area (TPSA) is 34.1 Å².